The predicted molar refractivity (Wildman–Crippen MR) is 106 cm³/mol. The van der Waals surface area contributed by atoms with Crippen LogP contribution in [0.4, 0.5) is 0 Å². The molecule has 2 aromatic carbocycles. The summed E-state index contributed by atoms with van der Waals surface area (Å²) in [5.74, 6) is 0.811. The van der Waals surface area contributed by atoms with Gasteiger partial charge in [-0.3, -0.25) is 9.59 Å². The van der Waals surface area contributed by atoms with Crippen molar-refractivity contribution in [1.29, 1.82) is 0 Å². The molecule has 4 rings (SSSR count). The highest BCUT2D eigenvalue weighted by Gasteiger charge is 2.13. The van der Waals surface area contributed by atoms with Crippen molar-refractivity contribution in [3.05, 3.63) is 67.6 Å². The van der Waals surface area contributed by atoms with Gasteiger partial charge in [0.1, 0.15) is 0 Å². The zero-order chi connectivity index (χ0) is 19.0. The lowest BCUT2D eigenvalue weighted by Crippen LogP contribution is -2.36. The molecule has 0 atom stereocenters. The van der Waals surface area contributed by atoms with Gasteiger partial charge in [0, 0.05) is 22.1 Å². The van der Waals surface area contributed by atoms with E-state index in [1.807, 2.05) is 37.3 Å². The molecule has 0 spiro atoms. The number of hydrogen-bond donors (Lipinski definition) is 1. The van der Waals surface area contributed by atoms with E-state index in [0.29, 0.717) is 34.9 Å². The Bertz CT molecular complexity index is 1240. The van der Waals surface area contributed by atoms with Crippen LogP contribution in [0.25, 0.3) is 33.9 Å². The molecule has 2 aromatic heterocycles. The molecule has 0 saturated heterocycles. The quantitative estimate of drug-likeness (QED) is 0.503. The SMILES string of the molecule is CCCn1c(=O)c(=O)[nH]c2cc(-c3noc(-c4ccc(Br)cc4)n3)ccc21. The third-order valence-electron chi connectivity index (χ3n) is 4.20. The first-order valence-electron chi connectivity index (χ1n) is 8.43. The van der Waals surface area contributed by atoms with Gasteiger partial charge in [0.2, 0.25) is 5.82 Å². The van der Waals surface area contributed by atoms with Gasteiger partial charge in [-0.1, -0.05) is 28.0 Å². The Hall–Kier alpha value is -3.00. The fraction of sp³-hybridized carbons (Fsp3) is 0.158. The van der Waals surface area contributed by atoms with Gasteiger partial charge in [0.05, 0.1) is 11.0 Å². The number of benzene rings is 2. The summed E-state index contributed by atoms with van der Waals surface area (Å²) in [5.41, 5.74) is 1.53. The number of nitrogens with one attached hydrogen (secondary N) is 1. The van der Waals surface area contributed by atoms with E-state index >= 15 is 0 Å². The Labute approximate surface area is 161 Å². The Balaban J connectivity index is 1.79. The Kier molecular flexibility index (Phi) is 4.49. The van der Waals surface area contributed by atoms with Crippen molar-refractivity contribution < 1.29 is 4.52 Å². The van der Waals surface area contributed by atoms with Crippen molar-refractivity contribution in [3.63, 3.8) is 0 Å². The summed E-state index contributed by atoms with van der Waals surface area (Å²) in [6.07, 6.45) is 0.752. The van der Waals surface area contributed by atoms with E-state index in [1.54, 1.807) is 12.1 Å². The maximum absolute atomic E-state index is 12.1. The van der Waals surface area contributed by atoms with Crippen LogP contribution in [0.5, 0.6) is 0 Å². The summed E-state index contributed by atoms with van der Waals surface area (Å²) in [5, 5.41) is 4.03. The van der Waals surface area contributed by atoms with Crippen molar-refractivity contribution in [2.75, 3.05) is 0 Å². The summed E-state index contributed by atoms with van der Waals surface area (Å²) in [6, 6.07) is 12.9. The van der Waals surface area contributed by atoms with Gasteiger partial charge >= 0.3 is 11.1 Å². The second-order valence-electron chi connectivity index (χ2n) is 6.07. The molecule has 7 nitrogen and oxygen atoms in total. The van der Waals surface area contributed by atoms with Crippen molar-refractivity contribution in [1.82, 2.24) is 19.7 Å². The van der Waals surface area contributed by atoms with Gasteiger partial charge in [-0.2, -0.15) is 4.98 Å². The molecule has 136 valence electrons. The summed E-state index contributed by atoms with van der Waals surface area (Å²) in [7, 11) is 0. The highest BCUT2D eigenvalue weighted by molar-refractivity contribution is 9.10. The van der Waals surface area contributed by atoms with Crippen molar-refractivity contribution in [3.8, 4) is 22.8 Å². The molecule has 0 aliphatic heterocycles. The van der Waals surface area contributed by atoms with E-state index in [9.17, 15) is 9.59 Å². The van der Waals surface area contributed by atoms with Gasteiger partial charge in [0.25, 0.3) is 5.89 Å². The average molecular weight is 427 g/mol. The molecule has 27 heavy (non-hydrogen) atoms. The summed E-state index contributed by atoms with van der Waals surface area (Å²) >= 11 is 3.39. The second-order valence-corrected chi connectivity index (χ2v) is 6.99. The maximum Gasteiger partial charge on any atom is 0.316 e. The lowest BCUT2D eigenvalue weighted by molar-refractivity contribution is 0.432. The lowest BCUT2D eigenvalue weighted by atomic mass is 10.1. The van der Waals surface area contributed by atoms with Crippen molar-refractivity contribution in [2.45, 2.75) is 19.9 Å². The first kappa shape index (κ1) is 17.4. The first-order valence-corrected chi connectivity index (χ1v) is 9.23. The fourth-order valence-electron chi connectivity index (χ4n) is 2.91. The molecular formula is C19H15BrN4O3. The van der Waals surface area contributed by atoms with E-state index in [1.165, 1.54) is 4.57 Å². The van der Waals surface area contributed by atoms with Gasteiger partial charge in [-0.15, -0.1) is 0 Å². The van der Waals surface area contributed by atoms with Gasteiger partial charge in [0.15, 0.2) is 0 Å². The van der Waals surface area contributed by atoms with Crippen LogP contribution in [0, 0.1) is 0 Å². The van der Waals surface area contributed by atoms with Crippen LogP contribution in [0.2, 0.25) is 0 Å². The van der Waals surface area contributed by atoms with Gasteiger partial charge in [-0.25, -0.2) is 0 Å². The third-order valence-corrected chi connectivity index (χ3v) is 4.73. The van der Waals surface area contributed by atoms with Crippen LogP contribution < -0.4 is 11.1 Å². The topological polar surface area (TPSA) is 93.8 Å². The molecule has 1 N–H and O–H groups in total. The van der Waals surface area contributed by atoms with Crippen LogP contribution in [-0.4, -0.2) is 19.7 Å². The normalized spacial score (nSPS) is 11.2. The molecule has 2 heterocycles. The van der Waals surface area contributed by atoms with Crippen LogP contribution in [-0.2, 0) is 6.54 Å². The molecule has 0 radical (unpaired) electrons. The number of nitrogens with zero attached hydrogens (tertiary/aromatic N) is 3. The third kappa shape index (κ3) is 3.23. The number of hydrogen-bond acceptors (Lipinski definition) is 5. The standard InChI is InChI=1S/C19H15BrN4O3/c1-2-9-24-15-8-5-12(10-14(15)21-17(25)19(24)26)16-22-18(27-23-16)11-3-6-13(20)7-4-11/h3-8,10H,2,9H2,1H3,(H,21,25). The Morgan fingerprint density at radius 2 is 1.85 bits per heavy atom. The Morgan fingerprint density at radius 3 is 2.59 bits per heavy atom. The molecule has 0 aliphatic rings. The minimum Gasteiger partial charge on any atom is -0.334 e. The average Bonchev–Trinajstić information content (AvgIpc) is 3.16. The highest BCUT2D eigenvalue weighted by atomic mass is 79.9. The number of H-pyrrole nitrogens is 1. The first-order chi connectivity index (χ1) is 13.1. The molecule has 8 heteroatoms. The molecule has 0 bridgehead atoms. The number of rotatable bonds is 4. The number of aromatic amines is 1. The molecule has 0 fully saturated rings. The fourth-order valence-corrected chi connectivity index (χ4v) is 3.18. The predicted octanol–water partition coefficient (Wildman–Crippen LogP) is 3.58. The number of aryl methyl sites for hydroxylation is 1. The summed E-state index contributed by atoms with van der Waals surface area (Å²) in [6.45, 7) is 2.44. The number of fused-ring (bicyclic) bond motifs is 1. The Morgan fingerprint density at radius 1 is 1.11 bits per heavy atom. The second kappa shape index (κ2) is 6.96. The number of aromatic nitrogens is 4. The van der Waals surface area contributed by atoms with Crippen LogP contribution in [0.3, 0.4) is 0 Å². The highest BCUT2D eigenvalue weighted by Crippen LogP contribution is 2.25. The van der Waals surface area contributed by atoms with E-state index in [-0.39, 0.29) is 0 Å². The van der Waals surface area contributed by atoms with Crippen LogP contribution in [0.15, 0.2) is 61.0 Å². The maximum atomic E-state index is 12.1. The van der Waals surface area contributed by atoms with Crippen molar-refractivity contribution in [2.24, 2.45) is 0 Å². The molecule has 0 unspecified atom stereocenters. The summed E-state index contributed by atoms with van der Waals surface area (Å²) in [4.78, 5) is 31.1. The molecular weight excluding hydrogens is 412 g/mol. The zero-order valence-corrected chi connectivity index (χ0v) is 16.0. The van der Waals surface area contributed by atoms with E-state index in [2.05, 4.69) is 31.1 Å². The smallest absolute Gasteiger partial charge is 0.316 e. The summed E-state index contributed by atoms with van der Waals surface area (Å²) < 4.78 is 7.81. The lowest BCUT2D eigenvalue weighted by Gasteiger charge is -2.08. The van der Waals surface area contributed by atoms with Gasteiger partial charge in [-0.05, 0) is 48.9 Å². The number of halogens is 1. The van der Waals surface area contributed by atoms with Crippen LogP contribution >= 0.6 is 15.9 Å². The monoisotopic (exact) mass is 426 g/mol. The van der Waals surface area contributed by atoms with E-state index < -0.39 is 11.1 Å². The minimum atomic E-state index is -0.642. The largest absolute Gasteiger partial charge is 0.334 e. The van der Waals surface area contributed by atoms with Crippen LogP contribution in [0.1, 0.15) is 13.3 Å². The van der Waals surface area contributed by atoms with E-state index in [0.717, 1.165) is 16.5 Å². The zero-order valence-electron chi connectivity index (χ0n) is 14.4. The van der Waals surface area contributed by atoms with Crippen molar-refractivity contribution >= 4 is 27.0 Å². The molecule has 4 aromatic rings. The molecule has 0 saturated carbocycles. The van der Waals surface area contributed by atoms with Gasteiger partial charge < -0.3 is 14.1 Å². The minimum absolute atomic E-state index is 0.405. The molecule has 0 aliphatic carbocycles. The molecule has 0 amide bonds. The van der Waals surface area contributed by atoms with E-state index in [4.69, 9.17) is 4.52 Å².